The van der Waals surface area contributed by atoms with Crippen molar-refractivity contribution in [1.82, 2.24) is 4.90 Å². The van der Waals surface area contributed by atoms with Crippen molar-refractivity contribution >= 4 is 31.9 Å². The Morgan fingerprint density at radius 3 is 2.11 bits per heavy atom. The molecule has 0 fully saturated rings. The molecule has 0 unspecified atom stereocenters. The second-order valence-corrected chi connectivity index (χ2v) is 5.84. The second kappa shape index (κ2) is 9.11. The smallest absolute Gasteiger partial charge is 0 e. The van der Waals surface area contributed by atoms with Gasteiger partial charge in [-0.15, -0.1) is 5.56 Å². The zero-order valence-corrected chi connectivity index (χ0v) is 15.0. The van der Waals surface area contributed by atoms with Gasteiger partial charge in [0.15, 0.2) is 0 Å². The van der Waals surface area contributed by atoms with E-state index < -0.39 is 0 Å². The van der Waals surface area contributed by atoms with E-state index in [0.717, 1.165) is 4.47 Å². The third kappa shape index (κ3) is 5.85. The van der Waals surface area contributed by atoms with Crippen molar-refractivity contribution in [1.29, 1.82) is 0 Å². The molecule has 0 radical (unpaired) electrons. The van der Waals surface area contributed by atoms with Crippen LogP contribution in [0, 0.1) is 0 Å². The van der Waals surface area contributed by atoms with E-state index in [9.17, 15) is 0 Å². The molecule has 0 aliphatic carbocycles. The van der Waals surface area contributed by atoms with Crippen LogP contribution in [0.5, 0.6) is 0 Å². The molecule has 106 valence electrons. The minimum absolute atomic E-state index is 0. The topological polar surface area (TPSA) is 3.24 Å². The van der Waals surface area contributed by atoms with Gasteiger partial charge in [0.05, 0.1) is 0 Å². The Labute approximate surface area is 137 Å². The molecule has 0 amide bonds. The van der Waals surface area contributed by atoms with E-state index in [2.05, 4.69) is 76.0 Å². The minimum Gasteiger partial charge on any atom is -0.747 e. The summed E-state index contributed by atoms with van der Waals surface area (Å²) in [6, 6.07) is 14.8. The summed E-state index contributed by atoms with van der Waals surface area (Å²) in [5, 5.41) is 0. The number of nitrogens with zero attached hydrogens (tertiary/aromatic N) is 1. The van der Waals surface area contributed by atoms with Gasteiger partial charge in [-0.2, -0.15) is 12.1 Å². The predicted octanol–water partition coefficient (Wildman–Crippen LogP) is 4.96. The molecule has 18 heavy (non-hydrogen) atoms. The third-order valence-electron chi connectivity index (χ3n) is 2.64. The molecule has 4 heteroatoms. The molecule has 0 aromatic heterocycles. The Morgan fingerprint density at radius 2 is 1.83 bits per heavy atom. The van der Waals surface area contributed by atoms with Crippen molar-refractivity contribution in [3.8, 4) is 0 Å². The first-order valence-electron chi connectivity index (χ1n) is 5.47. The molecule has 0 spiro atoms. The quantitative estimate of drug-likeness (QED) is 0.496. The van der Waals surface area contributed by atoms with Gasteiger partial charge in [-0.1, -0.05) is 27.3 Å². The maximum atomic E-state index is 3.51. The Hall–Kier alpha value is 0.139. The van der Waals surface area contributed by atoms with Crippen LogP contribution in [0.25, 0.3) is 0 Å². The summed E-state index contributed by atoms with van der Waals surface area (Å²) in [5.74, 6) is 0. The van der Waals surface area contributed by atoms with Crippen LogP contribution in [-0.4, -0.2) is 19.0 Å². The van der Waals surface area contributed by atoms with Gasteiger partial charge in [-0.3, -0.25) is 0 Å². The van der Waals surface area contributed by atoms with E-state index in [1.165, 1.54) is 10.0 Å². The van der Waals surface area contributed by atoms with Gasteiger partial charge in [0.25, 0.3) is 0 Å². The number of hydrogen-bond donors (Lipinski definition) is 0. The predicted molar refractivity (Wildman–Crippen MR) is 81.6 cm³/mol. The van der Waals surface area contributed by atoms with Crippen LogP contribution in [0.3, 0.4) is 0 Å². The second-order valence-electron chi connectivity index (χ2n) is 4.07. The molecule has 0 saturated heterocycles. The first-order valence-corrected chi connectivity index (χ1v) is 7.05. The largest absolute Gasteiger partial charge is 0.747 e. The molecule has 0 heterocycles. The van der Waals surface area contributed by atoms with E-state index in [1.54, 1.807) is 0 Å². The van der Waals surface area contributed by atoms with Gasteiger partial charge in [0.2, 0.25) is 0 Å². The molecule has 0 aliphatic heterocycles. The zero-order valence-electron chi connectivity index (χ0n) is 10.7. The molecule has 0 aliphatic rings. The van der Waals surface area contributed by atoms with E-state index in [-0.39, 0.29) is 17.1 Å². The summed E-state index contributed by atoms with van der Waals surface area (Å²) in [5.41, 5.74) is 1.36. The van der Waals surface area contributed by atoms with Crippen molar-refractivity contribution in [3.63, 3.8) is 0 Å². The van der Waals surface area contributed by atoms with E-state index in [0.29, 0.717) is 6.04 Å². The van der Waals surface area contributed by atoms with Crippen LogP contribution in [0.2, 0.25) is 0 Å². The first-order chi connectivity index (χ1) is 8.02. The molecule has 2 aromatic carbocycles. The van der Waals surface area contributed by atoms with Crippen molar-refractivity contribution in [2.75, 3.05) is 14.1 Å². The molecule has 2 aromatic rings. The zero-order chi connectivity index (χ0) is 12.8. The van der Waals surface area contributed by atoms with Crippen LogP contribution in [0.4, 0.5) is 0 Å². The molecular formula is C14H17Br2FeN-6. The molecule has 0 bridgehead atoms. The average molecular weight is 415 g/mol. The number of hydrogen-bond acceptors (Lipinski definition) is 1. The number of rotatable bonds is 2. The first kappa shape index (κ1) is 18.1. The summed E-state index contributed by atoms with van der Waals surface area (Å²) in [7, 11) is 4.17. The average Bonchev–Trinajstić information content (AvgIpc) is 2.89. The minimum atomic E-state index is 0. The van der Waals surface area contributed by atoms with Crippen molar-refractivity contribution in [3.05, 3.63) is 57.0 Å². The summed E-state index contributed by atoms with van der Waals surface area (Å²) in [4.78, 5) is 2.19. The van der Waals surface area contributed by atoms with Crippen LogP contribution in [0.15, 0.2) is 51.4 Å². The normalized spacial score (nSPS) is 11.4. The molecule has 0 N–H and O–H groups in total. The van der Waals surface area contributed by atoms with Gasteiger partial charge >= 0.3 is 0 Å². The fourth-order valence-corrected chi connectivity index (χ4v) is 2.30. The van der Waals surface area contributed by atoms with Gasteiger partial charge in [0.1, 0.15) is 0 Å². The van der Waals surface area contributed by atoms with Crippen LogP contribution in [0.1, 0.15) is 18.5 Å². The van der Waals surface area contributed by atoms with Gasteiger partial charge in [0, 0.05) is 17.1 Å². The van der Waals surface area contributed by atoms with Gasteiger partial charge < -0.3 is 49.6 Å². The fraction of sp³-hybridized carbons (Fsp3) is 0.286. The summed E-state index contributed by atoms with van der Waals surface area (Å²) >= 11 is 6.79. The van der Waals surface area contributed by atoms with Gasteiger partial charge in [-0.25, -0.2) is 6.07 Å². The third-order valence-corrected chi connectivity index (χ3v) is 3.89. The summed E-state index contributed by atoms with van der Waals surface area (Å²) < 4.78 is 2.36. The number of halogens is 2. The Balaban J connectivity index is 0.000000352. The maximum Gasteiger partial charge on any atom is 0 e. The van der Waals surface area contributed by atoms with Crippen molar-refractivity contribution < 1.29 is 17.1 Å². The van der Waals surface area contributed by atoms with Gasteiger partial charge in [-0.05, 0) is 20.1 Å². The molecular weight excluding hydrogens is 398 g/mol. The van der Waals surface area contributed by atoms with Crippen molar-refractivity contribution in [2.45, 2.75) is 13.0 Å². The Bertz CT molecular complexity index is 421. The maximum absolute atomic E-state index is 3.51. The monoisotopic (exact) mass is 413 g/mol. The van der Waals surface area contributed by atoms with E-state index in [4.69, 9.17) is 0 Å². The standard InChI is InChI=1S/C9H13BrN.C5H4Br.Fe/c1-7(11(2)3)8-5-4-6-9(8)10;6-5-3-1-2-4-5;/h4-7H,1-3H3;1-4H;/q-1;-5;/t7-;;/m1../s1. The molecule has 1 atom stereocenters. The van der Waals surface area contributed by atoms with Crippen LogP contribution < -0.4 is 0 Å². The van der Waals surface area contributed by atoms with E-state index >= 15 is 0 Å². The van der Waals surface area contributed by atoms with E-state index in [1.807, 2.05) is 24.3 Å². The molecule has 1 nitrogen and oxygen atoms in total. The summed E-state index contributed by atoms with van der Waals surface area (Å²) in [6.07, 6.45) is 0. The summed E-state index contributed by atoms with van der Waals surface area (Å²) in [6.45, 7) is 2.19. The molecule has 0 saturated carbocycles. The Morgan fingerprint density at radius 1 is 1.28 bits per heavy atom. The van der Waals surface area contributed by atoms with Crippen LogP contribution >= 0.6 is 31.9 Å². The Kier molecular flexibility index (Phi) is 9.18. The SMILES string of the molecule is Br[c-]1[cH-][cH-][cH-][cH-]1.C[C@H]([c-]1cccc1Br)N(C)C.[Fe]. The fourth-order valence-electron chi connectivity index (χ4n) is 1.38. The van der Waals surface area contributed by atoms with Crippen LogP contribution in [-0.2, 0) is 17.1 Å². The molecule has 2 rings (SSSR count). The van der Waals surface area contributed by atoms with Crippen molar-refractivity contribution in [2.24, 2.45) is 0 Å².